The second kappa shape index (κ2) is 8.86. The molecule has 0 amide bonds. The molecule has 4 N–H and O–H groups in total. The Bertz CT molecular complexity index is 1160. The Kier molecular flexibility index (Phi) is 6.11. The van der Waals surface area contributed by atoms with E-state index in [2.05, 4.69) is 35.8 Å². The van der Waals surface area contributed by atoms with Crippen LogP contribution in [0, 0.1) is 5.41 Å². The van der Waals surface area contributed by atoms with Crippen molar-refractivity contribution in [3.63, 3.8) is 0 Å². The van der Waals surface area contributed by atoms with Crippen molar-refractivity contribution in [1.82, 2.24) is 25.1 Å². The number of carbonyl (C=O) groups is 1. The number of aliphatic carboxylic acids is 1. The molecule has 10 nitrogen and oxygen atoms in total. The summed E-state index contributed by atoms with van der Waals surface area (Å²) in [7, 11) is 1.78. The third-order valence-corrected chi connectivity index (χ3v) is 5.68. The van der Waals surface area contributed by atoms with Crippen molar-refractivity contribution in [3.05, 3.63) is 41.0 Å². The molecule has 0 saturated heterocycles. The number of H-pyrrole nitrogens is 1. The van der Waals surface area contributed by atoms with Gasteiger partial charge in [-0.3, -0.25) is 5.10 Å². The number of aromatic amines is 1. The van der Waals surface area contributed by atoms with Crippen LogP contribution in [-0.4, -0.2) is 49.3 Å². The summed E-state index contributed by atoms with van der Waals surface area (Å²) in [6.07, 6.45) is 2.28. The number of anilines is 5. The molecule has 0 aliphatic heterocycles. The van der Waals surface area contributed by atoms with Gasteiger partial charge in [0.05, 0.1) is 16.4 Å². The Hall–Kier alpha value is -3.40. The normalized spacial score (nSPS) is 14.6. The second-order valence-electron chi connectivity index (χ2n) is 9.18. The standard InChI is InChI=1S/C22H27ClN8O2/c1-22(2,3)17(18(32)33)25-20-26-19(24-16-11-14(29-30-16)12-9-10-12)27-21(28-20)31(4)15-8-6-5-7-13(15)23/h5-8,11-12,17H,9-10H2,1-4H3,(H,32,33)(H3,24,25,26,27,28,29,30). The third kappa shape index (κ3) is 5.33. The van der Waals surface area contributed by atoms with Crippen LogP contribution in [0.2, 0.25) is 5.02 Å². The van der Waals surface area contributed by atoms with E-state index in [0.717, 1.165) is 18.5 Å². The minimum Gasteiger partial charge on any atom is -0.480 e. The number of hydrogen-bond acceptors (Lipinski definition) is 8. The summed E-state index contributed by atoms with van der Waals surface area (Å²) in [4.78, 5) is 27.0. The third-order valence-electron chi connectivity index (χ3n) is 5.36. The first kappa shape index (κ1) is 22.8. The Morgan fingerprint density at radius 2 is 1.91 bits per heavy atom. The van der Waals surface area contributed by atoms with Crippen LogP contribution in [0.1, 0.15) is 45.2 Å². The number of para-hydroxylation sites is 1. The predicted molar refractivity (Wildman–Crippen MR) is 128 cm³/mol. The van der Waals surface area contributed by atoms with E-state index in [-0.39, 0.29) is 11.9 Å². The zero-order chi connectivity index (χ0) is 23.8. The zero-order valence-corrected chi connectivity index (χ0v) is 19.7. The highest BCUT2D eigenvalue weighted by Crippen LogP contribution is 2.39. The Morgan fingerprint density at radius 3 is 2.55 bits per heavy atom. The summed E-state index contributed by atoms with van der Waals surface area (Å²) in [5, 5.41) is 23.6. The van der Waals surface area contributed by atoms with E-state index in [1.165, 1.54) is 0 Å². The van der Waals surface area contributed by atoms with Gasteiger partial charge in [-0.1, -0.05) is 44.5 Å². The van der Waals surface area contributed by atoms with E-state index in [1.807, 2.05) is 45.0 Å². The van der Waals surface area contributed by atoms with Gasteiger partial charge < -0.3 is 20.6 Å². The molecule has 0 spiro atoms. The van der Waals surface area contributed by atoms with E-state index in [4.69, 9.17) is 11.6 Å². The van der Waals surface area contributed by atoms with Gasteiger partial charge in [0, 0.05) is 19.0 Å². The molecule has 1 atom stereocenters. The lowest BCUT2D eigenvalue weighted by Gasteiger charge is -2.28. The van der Waals surface area contributed by atoms with Crippen LogP contribution < -0.4 is 15.5 Å². The number of benzene rings is 1. The van der Waals surface area contributed by atoms with Crippen molar-refractivity contribution in [2.75, 3.05) is 22.6 Å². The van der Waals surface area contributed by atoms with Gasteiger partial charge in [0.2, 0.25) is 17.8 Å². The van der Waals surface area contributed by atoms with E-state index in [0.29, 0.717) is 28.4 Å². The highest BCUT2D eigenvalue weighted by atomic mass is 35.5. The molecular weight excluding hydrogens is 444 g/mol. The lowest BCUT2D eigenvalue weighted by Crippen LogP contribution is -2.41. The highest BCUT2D eigenvalue weighted by molar-refractivity contribution is 6.33. The molecule has 2 aromatic heterocycles. The largest absolute Gasteiger partial charge is 0.480 e. The molecule has 174 valence electrons. The summed E-state index contributed by atoms with van der Waals surface area (Å²) < 4.78 is 0. The quantitative estimate of drug-likeness (QED) is 0.374. The first-order chi connectivity index (χ1) is 15.6. The van der Waals surface area contributed by atoms with Crippen LogP contribution in [0.15, 0.2) is 30.3 Å². The molecule has 0 radical (unpaired) electrons. The number of hydrogen-bond donors (Lipinski definition) is 4. The summed E-state index contributed by atoms with van der Waals surface area (Å²) in [6.45, 7) is 5.50. The van der Waals surface area contributed by atoms with Crippen molar-refractivity contribution in [3.8, 4) is 0 Å². The van der Waals surface area contributed by atoms with E-state index in [1.54, 1.807) is 18.0 Å². The lowest BCUT2D eigenvalue weighted by atomic mass is 9.87. The molecule has 1 fully saturated rings. The Balaban J connectivity index is 1.69. The number of aromatic nitrogens is 5. The topological polar surface area (TPSA) is 132 Å². The number of halogens is 1. The number of nitrogens with zero attached hydrogens (tertiary/aromatic N) is 5. The van der Waals surface area contributed by atoms with Gasteiger partial charge in [-0.05, 0) is 30.4 Å². The molecule has 1 unspecified atom stereocenters. The minimum absolute atomic E-state index is 0.130. The molecule has 1 aromatic carbocycles. The van der Waals surface area contributed by atoms with Crippen LogP contribution >= 0.6 is 11.6 Å². The molecule has 0 bridgehead atoms. The molecule has 1 aliphatic carbocycles. The van der Waals surface area contributed by atoms with E-state index < -0.39 is 17.4 Å². The van der Waals surface area contributed by atoms with Crippen LogP contribution in [-0.2, 0) is 4.79 Å². The molecular formula is C22H27ClN8O2. The Labute approximate surface area is 196 Å². The fraction of sp³-hybridized carbons (Fsp3) is 0.409. The monoisotopic (exact) mass is 470 g/mol. The SMILES string of the molecule is CN(c1nc(Nc2cc(C3CC3)n[nH]2)nc(NC(C(=O)O)C(C)(C)C)n1)c1ccccc1Cl. The lowest BCUT2D eigenvalue weighted by molar-refractivity contribution is -0.140. The van der Waals surface area contributed by atoms with Crippen molar-refractivity contribution < 1.29 is 9.90 Å². The summed E-state index contributed by atoms with van der Waals surface area (Å²) in [5.74, 6) is 0.809. The Morgan fingerprint density at radius 1 is 1.21 bits per heavy atom. The maximum absolute atomic E-state index is 11.9. The smallest absolute Gasteiger partial charge is 0.326 e. The van der Waals surface area contributed by atoms with Gasteiger partial charge in [0.25, 0.3) is 0 Å². The summed E-state index contributed by atoms with van der Waals surface area (Å²) >= 11 is 6.37. The van der Waals surface area contributed by atoms with E-state index in [9.17, 15) is 9.90 Å². The van der Waals surface area contributed by atoms with Crippen molar-refractivity contribution in [2.24, 2.45) is 5.41 Å². The first-order valence-corrected chi connectivity index (χ1v) is 11.1. The fourth-order valence-electron chi connectivity index (χ4n) is 3.35. The van der Waals surface area contributed by atoms with Gasteiger partial charge in [-0.2, -0.15) is 20.1 Å². The molecule has 1 saturated carbocycles. The van der Waals surface area contributed by atoms with Crippen molar-refractivity contribution >= 4 is 46.9 Å². The number of nitrogens with one attached hydrogen (secondary N) is 3. The minimum atomic E-state index is -0.999. The van der Waals surface area contributed by atoms with Crippen LogP contribution in [0.5, 0.6) is 0 Å². The van der Waals surface area contributed by atoms with Crippen LogP contribution in [0.4, 0.5) is 29.4 Å². The molecule has 11 heteroatoms. The maximum Gasteiger partial charge on any atom is 0.326 e. The van der Waals surface area contributed by atoms with Crippen LogP contribution in [0.25, 0.3) is 0 Å². The molecule has 3 aromatic rings. The van der Waals surface area contributed by atoms with Crippen molar-refractivity contribution in [1.29, 1.82) is 0 Å². The highest BCUT2D eigenvalue weighted by Gasteiger charge is 2.32. The predicted octanol–water partition coefficient (Wildman–Crippen LogP) is 4.55. The summed E-state index contributed by atoms with van der Waals surface area (Å²) in [5.41, 5.74) is 1.12. The molecule has 2 heterocycles. The van der Waals surface area contributed by atoms with Gasteiger partial charge in [0.15, 0.2) is 0 Å². The molecule has 33 heavy (non-hydrogen) atoms. The molecule has 1 aliphatic rings. The van der Waals surface area contributed by atoms with Gasteiger partial charge in [-0.15, -0.1) is 0 Å². The van der Waals surface area contributed by atoms with E-state index >= 15 is 0 Å². The summed E-state index contributed by atoms with van der Waals surface area (Å²) in [6, 6.07) is 8.33. The van der Waals surface area contributed by atoms with Crippen LogP contribution in [0.3, 0.4) is 0 Å². The average molecular weight is 471 g/mol. The van der Waals surface area contributed by atoms with Crippen molar-refractivity contribution in [2.45, 2.75) is 45.6 Å². The number of carboxylic acids is 1. The zero-order valence-electron chi connectivity index (χ0n) is 18.9. The van der Waals surface area contributed by atoms with Gasteiger partial charge >= 0.3 is 5.97 Å². The van der Waals surface area contributed by atoms with Gasteiger partial charge in [0.1, 0.15) is 11.9 Å². The molecule has 4 rings (SSSR count). The fourth-order valence-corrected chi connectivity index (χ4v) is 3.62. The first-order valence-electron chi connectivity index (χ1n) is 10.7. The maximum atomic E-state index is 11.9. The average Bonchev–Trinajstić information content (AvgIpc) is 3.50. The van der Waals surface area contributed by atoms with Gasteiger partial charge in [-0.25, -0.2) is 4.79 Å². The second-order valence-corrected chi connectivity index (χ2v) is 9.59. The number of carboxylic acid groups (broad SMARTS) is 1. The number of rotatable bonds is 8.